The summed E-state index contributed by atoms with van der Waals surface area (Å²) in [5.41, 5.74) is 0.972. The van der Waals surface area contributed by atoms with E-state index in [0.29, 0.717) is 36.8 Å². The molecule has 0 aromatic heterocycles. The molecule has 0 bridgehead atoms. The normalized spacial score (nSPS) is 19.4. The molecule has 0 radical (unpaired) electrons. The molecule has 0 saturated carbocycles. The van der Waals surface area contributed by atoms with Gasteiger partial charge in [-0.2, -0.15) is 0 Å². The molecule has 1 aliphatic rings. The van der Waals surface area contributed by atoms with Crippen molar-refractivity contribution in [2.45, 2.75) is 25.1 Å². The number of aliphatic hydroxyl groups is 1. The number of rotatable bonds is 6. The second kappa shape index (κ2) is 8.00. The number of ether oxygens (including phenoxy) is 2. The van der Waals surface area contributed by atoms with E-state index in [1.165, 1.54) is 0 Å². The Morgan fingerprint density at radius 3 is 2.56 bits per heavy atom. The van der Waals surface area contributed by atoms with Crippen LogP contribution in [0.4, 0.5) is 0 Å². The first kappa shape index (κ1) is 17.3. The quantitative estimate of drug-likeness (QED) is 0.746. The summed E-state index contributed by atoms with van der Waals surface area (Å²) in [7, 11) is 1.60. The molecule has 1 fully saturated rings. The molecule has 1 saturated heterocycles. The highest BCUT2D eigenvalue weighted by molar-refractivity contribution is 5.82. The van der Waals surface area contributed by atoms with Gasteiger partial charge in [-0.05, 0) is 36.2 Å². The number of hydrogen-bond donors (Lipinski definition) is 3. The summed E-state index contributed by atoms with van der Waals surface area (Å²) in [6.45, 7) is 0.898. The zero-order chi connectivity index (χ0) is 17.6. The maximum absolute atomic E-state index is 12.0. The lowest BCUT2D eigenvalue weighted by atomic mass is 10.1. The van der Waals surface area contributed by atoms with Gasteiger partial charge in [0.1, 0.15) is 5.75 Å². The molecule has 1 heterocycles. The lowest BCUT2D eigenvalue weighted by Crippen LogP contribution is -2.39. The number of β-amino-alcohol motifs (C(OH)–C–C–N with tert-alkyl or cyclic N) is 1. The molecule has 1 amide bonds. The van der Waals surface area contributed by atoms with Crippen molar-refractivity contribution in [1.82, 2.24) is 10.6 Å². The molecule has 0 aliphatic carbocycles. The van der Waals surface area contributed by atoms with Gasteiger partial charge in [-0.1, -0.05) is 24.3 Å². The molecule has 3 rings (SSSR count). The van der Waals surface area contributed by atoms with E-state index in [9.17, 15) is 9.90 Å². The third-order valence-electron chi connectivity index (χ3n) is 4.11. The summed E-state index contributed by atoms with van der Waals surface area (Å²) < 4.78 is 11.1. The molecule has 2 atom stereocenters. The molecule has 25 heavy (non-hydrogen) atoms. The zero-order valence-electron chi connectivity index (χ0n) is 14.1. The molecule has 0 unspecified atom stereocenters. The molecule has 1 aliphatic heterocycles. The lowest BCUT2D eigenvalue weighted by molar-refractivity contribution is -0.123. The molecule has 132 valence electrons. The van der Waals surface area contributed by atoms with Crippen LogP contribution in [0.1, 0.15) is 12.0 Å². The van der Waals surface area contributed by atoms with Gasteiger partial charge in [0.2, 0.25) is 5.91 Å². The van der Waals surface area contributed by atoms with E-state index >= 15 is 0 Å². The highest BCUT2D eigenvalue weighted by atomic mass is 16.5. The number of amides is 1. The van der Waals surface area contributed by atoms with Crippen LogP contribution in [0.25, 0.3) is 0 Å². The minimum Gasteiger partial charge on any atom is -0.493 e. The van der Waals surface area contributed by atoms with Crippen LogP contribution in [-0.2, 0) is 11.3 Å². The van der Waals surface area contributed by atoms with Gasteiger partial charge >= 0.3 is 0 Å². The summed E-state index contributed by atoms with van der Waals surface area (Å²) in [6.07, 6.45) is 0.0134. The van der Waals surface area contributed by atoms with Crippen LogP contribution in [0.2, 0.25) is 0 Å². The van der Waals surface area contributed by atoms with Crippen molar-refractivity contribution in [1.29, 1.82) is 0 Å². The first-order valence-electron chi connectivity index (χ1n) is 8.24. The highest BCUT2D eigenvalue weighted by Crippen LogP contribution is 2.30. The minimum atomic E-state index is -0.442. The van der Waals surface area contributed by atoms with Crippen molar-refractivity contribution in [2.24, 2.45) is 0 Å². The number of benzene rings is 2. The number of carbonyl (C=O) groups is 1. The number of methoxy groups -OCH3 is 1. The Morgan fingerprint density at radius 1 is 1.20 bits per heavy atom. The van der Waals surface area contributed by atoms with Crippen molar-refractivity contribution in [3.05, 3.63) is 54.1 Å². The summed E-state index contributed by atoms with van der Waals surface area (Å²) in [5, 5.41) is 15.3. The molecule has 6 heteroatoms. The van der Waals surface area contributed by atoms with Crippen LogP contribution in [0.15, 0.2) is 48.5 Å². The number of hydrogen-bond acceptors (Lipinski definition) is 5. The van der Waals surface area contributed by atoms with Crippen molar-refractivity contribution in [2.75, 3.05) is 13.7 Å². The minimum absolute atomic E-state index is 0.0918. The van der Waals surface area contributed by atoms with E-state index < -0.39 is 6.10 Å². The monoisotopic (exact) mass is 342 g/mol. The Kier molecular flexibility index (Phi) is 5.53. The largest absolute Gasteiger partial charge is 0.493 e. The van der Waals surface area contributed by atoms with Crippen molar-refractivity contribution >= 4 is 5.91 Å². The molecule has 2 aromatic carbocycles. The van der Waals surface area contributed by atoms with E-state index in [1.807, 2.05) is 48.5 Å². The first-order chi connectivity index (χ1) is 12.2. The zero-order valence-corrected chi connectivity index (χ0v) is 14.1. The summed E-state index contributed by atoms with van der Waals surface area (Å²) >= 11 is 0. The smallest absolute Gasteiger partial charge is 0.237 e. The van der Waals surface area contributed by atoms with Gasteiger partial charge in [0.15, 0.2) is 11.5 Å². The van der Waals surface area contributed by atoms with E-state index in [-0.39, 0.29) is 11.9 Å². The molecule has 3 N–H and O–H groups in total. The SMILES string of the molecule is COc1ccccc1Oc1ccc(CNC(=O)[C@@H]2C[C@@H](O)CN2)cc1. The van der Waals surface area contributed by atoms with E-state index in [1.54, 1.807) is 7.11 Å². The Labute approximate surface area is 146 Å². The fourth-order valence-electron chi connectivity index (χ4n) is 2.73. The fraction of sp³-hybridized carbons (Fsp3) is 0.316. The van der Waals surface area contributed by atoms with Crippen LogP contribution in [0.5, 0.6) is 17.2 Å². The van der Waals surface area contributed by atoms with Crippen LogP contribution in [0, 0.1) is 0 Å². The lowest BCUT2D eigenvalue weighted by Gasteiger charge is -2.12. The fourth-order valence-corrected chi connectivity index (χ4v) is 2.73. The highest BCUT2D eigenvalue weighted by Gasteiger charge is 2.27. The van der Waals surface area contributed by atoms with Crippen LogP contribution in [-0.4, -0.2) is 36.8 Å². The topological polar surface area (TPSA) is 79.8 Å². The summed E-state index contributed by atoms with van der Waals surface area (Å²) in [5.74, 6) is 1.92. The molecular formula is C19H22N2O4. The Hall–Kier alpha value is -2.57. The van der Waals surface area contributed by atoms with E-state index in [4.69, 9.17) is 9.47 Å². The van der Waals surface area contributed by atoms with Crippen LogP contribution >= 0.6 is 0 Å². The maximum atomic E-state index is 12.0. The Morgan fingerprint density at radius 2 is 1.92 bits per heavy atom. The van der Waals surface area contributed by atoms with Gasteiger partial charge in [-0.25, -0.2) is 0 Å². The average Bonchev–Trinajstić information content (AvgIpc) is 3.08. The number of para-hydroxylation sites is 2. The Bertz CT molecular complexity index is 718. The van der Waals surface area contributed by atoms with Crippen molar-refractivity contribution in [3.63, 3.8) is 0 Å². The van der Waals surface area contributed by atoms with Gasteiger partial charge in [0.25, 0.3) is 0 Å². The average molecular weight is 342 g/mol. The van der Waals surface area contributed by atoms with Gasteiger partial charge in [0, 0.05) is 13.1 Å². The third kappa shape index (κ3) is 4.49. The second-order valence-corrected chi connectivity index (χ2v) is 5.97. The predicted octanol–water partition coefficient (Wildman–Crippen LogP) is 1.83. The Balaban J connectivity index is 1.54. The third-order valence-corrected chi connectivity index (χ3v) is 4.11. The maximum Gasteiger partial charge on any atom is 0.237 e. The molecule has 0 spiro atoms. The van der Waals surface area contributed by atoms with E-state index in [2.05, 4.69) is 10.6 Å². The summed E-state index contributed by atoms with van der Waals surface area (Å²) in [4.78, 5) is 12.0. The number of nitrogens with one attached hydrogen (secondary N) is 2. The number of aliphatic hydroxyl groups excluding tert-OH is 1. The van der Waals surface area contributed by atoms with Gasteiger partial charge in [-0.3, -0.25) is 4.79 Å². The first-order valence-corrected chi connectivity index (χ1v) is 8.24. The van der Waals surface area contributed by atoms with Crippen molar-refractivity contribution < 1.29 is 19.4 Å². The predicted molar refractivity (Wildman–Crippen MR) is 93.8 cm³/mol. The molecule has 2 aromatic rings. The van der Waals surface area contributed by atoms with Gasteiger partial charge in [-0.15, -0.1) is 0 Å². The van der Waals surface area contributed by atoms with Crippen LogP contribution in [0.3, 0.4) is 0 Å². The standard InChI is InChI=1S/C19H22N2O4/c1-24-17-4-2-3-5-18(17)25-15-8-6-13(7-9-15)11-21-19(23)16-10-14(22)12-20-16/h2-9,14,16,20,22H,10-12H2,1H3,(H,21,23)/t14-,16+/m1/s1. The second-order valence-electron chi connectivity index (χ2n) is 5.97. The van der Waals surface area contributed by atoms with Gasteiger partial charge < -0.3 is 25.2 Å². The van der Waals surface area contributed by atoms with Crippen LogP contribution < -0.4 is 20.1 Å². The summed E-state index contributed by atoms with van der Waals surface area (Å²) in [6, 6.07) is 14.7. The van der Waals surface area contributed by atoms with Crippen molar-refractivity contribution in [3.8, 4) is 17.2 Å². The van der Waals surface area contributed by atoms with E-state index in [0.717, 1.165) is 5.56 Å². The molecule has 6 nitrogen and oxygen atoms in total. The van der Waals surface area contributed by atoms with Gasteiger partial charge in [0.05, 0.1) is 19.3 Å². The number of carbonyl (C=O) groups excluding carboxylic acids is 1. The molecular weight excluding hydrogens is 320 g/mol.